The average molecular weight is 419 g/mol. The van der Waals surface area contributed by atoms with Crippen LogP contribution in [0.15, 0.2) is 66.3 Å². The number of amides is 1. The fourth-order valence-corrected chi connectivity index (χ4v) is 4.46. The van der Waals surface area contributed by atoms with Gasteiger partial charge in [0.2, 0.25) is 0 Å². The summed E-state index contributed by atoms with van der Waals surface area (Å²) in [5.41, 5.74) is 2.58. The first-order valence-electron chi connectivity index (χ1n) is 10.0. The predicted octanol–water partition coefficient (Wildman–Crippen LogP) is 3.72. The molecule has 30 heavy (non-hydrogen) atoms. The van der Waals surface area contributed by atoms with Crippen molar-refractivity contribution in [1.82, 2.24) is 25.3 Å². The van der Waals surface area contributed by atoms with Gasteiger partial charge in [0.25, 0.3) is 5.91 Å². The number of aromatic amines is 1. The number of H-pyrrole nitrogens is 1. The molecule has 1 fully saturated rings. The second-order valence-electron chi connectivity index (χ2n) is 7.35. The van der Waals surface area contributed by atoms with Gasteiger partial charge in [0.1, 0.15) is 0 Å². The van der Waals surface area contributed by atoms with E-state index in [1.807, 2.05) is 42.6 Å². The summed E-state index contributed by atoms with van der Waals surface area (Å²) in [7, 11) is 0. The third-order valence-electron chi connectivity index (χ3n) is 5.38. The molecule has 1 saturated heterocycles. The topological polar surface area (TPSA) is 78.8 Å². The molecule has 7 nitrogen and oxygen atoms in total. The molecule has 0 bridgehead atoms. The maximum absolute atomic E-state index is 12.8. The van der Waals surface area contributed by atoms with Gasteiger partial charge in [-0.3, -0.25) is 9.89 Å². The van der Waals surface area contributed by atoms with Crippen LogP contribution in [0.3, 0.4) is 0 Å². The van der Waals surface area contributed by atoms with Crippen molar-refractivity contribution in [1.29, 1.82) is 0 Å². The van der Waals surface area contributed by atoms with Crippen molar-refractivity contribution >= 4 is 23.1 Å². The van der Waals surface area contributed by atoms with Crippen molar-refractivity contribution in [3.63, 3.8) is 0 Å². The van der Waals surface area contributed by atoms with Crippen LogP contribution in [0.1, 0.15) is 23.2 Å². The van der Waals surface area contributed by atoms with E-state index in [0.717, 1.165) is 43.1 Å². The summed E-state index contributed by atoms with van der Waals surface area (Å²) in [5.74, 6) is 0.928. The zero-order valence-corrected chi connectivity index (χ0v) is 17.2. The highest BCUT2D eigenvalue weighted by atomic mass is 32.1. The van der Waals surface area contributed by atoms with Crippen LogP contribution >= 0.6 is 11.3 Å². The van der Waals surface area contributed by atoms with Gasteiger partial charge in [0, 0.05) is 43.2 Å². The van der Waals surface area contributed by atoms with Gasteiger partial charge in [-0.05, 0) is 48.6 Å². The van der Waals surface area contributed by atoms with E-state index in [2.05, 4.69) is 43.0 Å². The second-order valence-corrected chi connectivity index (χ2v) is 8.30. The summed E-state index contributed by atoms with van der Waals surface area (Å²) < 4.78 is 1.75. The van der Waals surface area contributed by atoms with E-state index in [4.69, 9.17) is 0 Å². The van der Waals surface area contributed by atoms with E-state index in [9.17, 15) is 4.79 Å². The van der Waals surface area contributed by atoms with Crippen LogP contribution in [-0.2, 0) is 0 Å². The molecule has 3 aromatic heterocycles. The van der Waals surface area contributed by atoms with Gasteiger partial charge in [0.15, 0.2) is 5.82 Å². The monoisotopic (exact) mass is 418 g/mol. The lowest BCUT2D eigenvalue weighted by atomic mass is 10.0. The maximum atomic E-state index is 12.8. The highest BCUT2D eigenvalue weighted by molar-refractivity contribution is 7.13. The van der Waals surface area contributed by atoms with Gasteiger partial charge in [-0.2, -0.15) is 10.2 Å². The molecule has 152 valence electrons. The molecule has 5 rings (SSSR count). The van der Waals surface area contributed by atoms with Gasteiger partial charge in [-0.15, -0.1) is 11.3 Å². The smallest absolute Gasteiger partial charge is 0.251 e. The van der Waals surface area contributed by atoms with Crippen LogP contribution in [0.5, 0.6) is 0 Å². The maximum Gasteiger partial charge on any atom is 0.251 e. The summed E-state index contributed by atoms with van der Waals surface area (Å²) in [6.45, 7) is 1.74. The van der Waals surface area contributed by atoms with Crippen LogP contribution in [0.4, 0.5) is 5.82 Å². The number of aromatic nitrogens is 4. The lowest BCUT2D eigenvalue weighted by Gasteiger charge is -2.32. The lowest BCUT2D eigenvalue weighted by molar-refractivity contribution is 0.0931. The van der Waals surface area contributed by atoms with Crippen molar-refractivity contribution in [3.8, 4) is 16.3 Å². The first kappa shape index (κ1) is 18.6. The number of nitrogens with one attached hydrogen (secondary N) is 2. The molecule has 0 spiro atoms. The van der Waals surface area contributed by atoms with Crippen molar-refractivity contribution in [2.24, 2.45) is 0 Å². The van der Waals surface area contributed by atoms with Crippen molar-refractivity contribution in [2.45, 2.75) is 18.9 Å². The first-order chi connectivity index (χ1) is 14.8. The number of thiophene rings is 1. The van der Waals surface area contributed by atoms with Crippen LogP contribution < -0.4 is 10.2 Å². The Balaban J connectivity index is 1.18. The Morgan fingerprint density at radius 1 is 1.13 bits per heavy atom. The molecule has 1 aliphatic heterocycles. The minimum absolute atomic E-state index is 0.0396. The number of carbonyl (C=O) groups excluding carboxylic acids is 1. The molecule has 8 heteroatoms. The zero-order chi connectivity index (χ0) is 20.3. The van der Waals surface area contributed by atoms with E-state index in [0.29, 0.717) is 5.56 Å². The lowest BCUT2D eigenvalue weighted by Crippen LogP contribution is -2.44. The van der Waals surface area contributed by atoms with Gasteiger partial charge in [0.05, 0.1) is 16.3 Å². The number of benzene rings is 1. The fourth-order valence-electron chi connectivity index (χ4n) is 3.76. The second kappa shape index (κ2) is 8.16. The van der Waals surface area contributed by atoms with Crippen molar-refractivity contribution < 1.29 is 4.79 Å². The molecule has 0 unspecified atom stereocenters. The van der Waals surface area contributed by atoms with Crippen LogP contribution in [0, 0.1) is 0 Å². The van der Waals surface area contributed by atoms with E-state index in [1.54, 1.807) is 22.2 Å². The van der Waals surface area contributed by atoms with Gasteiger partial charge < -0.3 is 10.2 Å². The zero-order valence-electron chi connectivity index (χ0n) is 16.4. The summed E-state index contributed by atoms with van der Waals surface area (Å²) in [6.07, 6.45) is 5.38. The highest BCUT2D eigenvalue weighted by Gasteiger charge is 2.23. The molecule has 4 heterocycles. The molecule has 1 aromatic carbocycles. The summed E-state index contributed by atoms with van der Waals surface area (Å²) in [4.78, 5) is 16.2. The Labute approximate surface area is 178 Å². The Hall–Kier alpha value is -3.39. The number of nitrogens with zero attached hydrogens (tertiary/aromatic N) is 4. The molecule has 1 amide bonds. The predicted molar refractivity (Wildman–Crippen MR) is 118 cm³/mol. The summed E-state index contributed by atoms with van der Waals surface area (Å²) in [5, 5.41) is 17.1. The van der Waals surface area contributed by atoms with E-state index < -0.39 is 0 Å². The van der Waals surface area contributed by atoms with E-state index >= 15 is 0 Å². The molecule has 1 aliphatic rings. The molecule has 0 radical (unpaired) electrons. The minimum Gasteiger partial charge on any atom is -0.355 e. The number of rotatable bonds is 5. The average Bonchev–Trinajstić information content (AvgIpc) is 3.57. The van der Waals surface area contributed by atoms with Crippen LogP contribution in [0.2, 0.25) is 0 Å². The molecule has 0 atom stereocenters. The summed E-state index contributed by atoms with van der Waals surface area (Å²) >= 11 is 1.70. The fraction of sp³-hybridized carbons (Fsp3) is 0.227. The van der Waals surface area contributed by atoms with Gasteiger partial charge in [-0.25, -0.2) is 4.68 Å². The van der Waals surface area contributed by atoms with Crippen molar-refractivity contribution in [3.05, 3.63) is 71.9 Å². The molecule has 4 aromatic rings. The van der Waals surface area contributed by atoms with Crippen LogP contribution in [-0.4, -0.2) is 45.0 Å². The Bertz CT molecular complexity index is 1110. The Kier molecular flexibility index (Phi) is 5.06. The van der Waals surface area contributed by atoms with Crippen molar-refractivity contribution in [2.75, 3.05) is 18.0 Å². The molecule has 0 aliphatic carbocycles. The highest BCUT2D eigenvalue weighted by Crippen LogP contribution is 2.27. The first-order valence-corrected chi connectivity index (χ1v) is 10.9. The third-order valence-corrected chi connectivity index (χ3v) is 6.29. The molecule has 0 saturated carbocycles. The number of anilines is 1. The number of hydrogen-bond donors (Lipinski definition) is 2. The van der Waals surface area contributed by atoms with Gasteiger partial charge >= 0.3 is 0 Å². The number of carbonyl (C=O) groups is 1. The Morgan fingerprint density at radius 2 is 2.03 bits per heavy atom. The SMILES string of the molecule is O=C(NC1CCN(c2cc(-c3cccs3)[nH]n2)CC1)c1cccc(-n2cccn2)c1. The van der Waals surface area contributed by atoms with E-state index in [-0.39, 0.29) is 11.9 Å². The van der Waals surface area contributed by atoms with E-state index in [1.165, 1.54) is 4.88 Å². The third kappa shape index (κ3) is 3.86. The molecule has 2 N–H and O–H groups in total. The van der Waals surface area contributed by atoms with Crippen LogP contribution in [0.25, 0.3) is 16.3 Å². The standard InChI is InChI=1S/C22H22N6OS/c29-22(16-4-1-5-18(14-16)28-10-3-9-23-28)24-17-7-11-27(12-8-17)21-15-19(25-26-21)20-6-2-13-30-20/h1-6,9-10,13-15,17H,7-8,11-12H2,(H,24,29)(H,25,26). The number of hydrogen-bond acceptors (Lipinski definition) is 5. The molecular weight excluding hydrogens is 396 g/mol. The quantitative estimate of drug-likeness (QED) is 0.518. The van der Waals surface area contributed by atoms with Gasteiger partial charge in [-0.1, -0.05) is 12.1 Å². The summed E-state index contributed by atoms with van der Waals surface area (Å²) in [6, 6.07) is 15.8. The normalized spacial score (nSPS) is 14.7. The minimum atomic E-state index is -0.0396. The Morgan fingerprint density at radius 3 is 2.80 bits per heavy atom. The molecular formula is C22H22N6OS. The number of piperidine rings is 1. The largest absolute Gasteiger partial charge is 0.355 e.